The first kappa shape index (κ1) is 12.0. The number of aromatic nitrogens is 6. The van der Waals surface area contributed by atoms with Crippen molar-refractivity contribution in [1.29, 1.82) is 0 Å². The molecule has 0 aliphatic heterocycles. The molecule has 3 rings (SSSR count). The Labute approximate surface area is 109 Å². The molecule has 0 atom stereocenters. The zero-order valence-corrected chi connectivity index (χ0v) is 10.3. The minimum atomic E-state index is -0.170. The second kappa shape index (κ2) is 5.27. The van der Waals surface area contributed by atoms with E-state index in [1.807, 2.05) is 6.07 Å². The average Bonchev–Trinajstić information content (AvgIpc) is 2.89. The van der Waals surface area contributed by atoms with Crippen molar-refractivity contribution < 1.29 is 5.11 Å². The molecule has 2 N–H and O–H groups in total. The lowest BCUT2D eigenvalue weighted by atomic mass is 9.80. The maximum atomic E-state index is 9.32. The highest BCUT2D eigenvalue weighted by Crippen LogP contribution is 2.35. The number of rotatable bonds is 5. The van der Waals surface area contributed by atoms with Crippen LogP contribution in [-0.4, -0.2) is 47.9 Å². The van der Waals surface area contributed by atoms with E-state index in [2.05, 4.69) is 30.8 Å². The van der Waals surface area contributed by atoms with Crippen molar-refractivity contribution >= 4 is 5.82 Å². The van der Waals surface area contributed by atoms with Crippen LogP contribution < -0.4 is 5.32 Å². The normalized spacial score (nSPS) is 21.9. The summed E-state index contributed by atoms with van der Waals surface area (Å²) in [6, 6.07) is 1.94. The Kier molecular flexibility index (Phi) is 3.32. The van der Waals surface area contributed by atoms with Crippen LogP contribution in [0.5, 0.6) is 0 Å². The van der Waals surface area contributed by atoms with Gasteiger partial charge in [-0.2, -0.15) is 0 Å². The first-order valence-corrected chi connectivity index (χ1v) is 6.26. The van der Waals surface area contributed by atoms with Crippen molar-refractivity contribution in [1.82, 2.24) is 30.2 Å². The maximum absolute atomic E-state index is 9.32. The van der Waals surface area contributed by atoms with Gasteiger partial charge in [0.05, 0.1) is 12.6 Å². The molecule has 0 radical (unpaired) electrons. The summed E-state index contributed by atoms with van der Waals surface area (Å²) in [5, 5.41) is 23.4. The van der Waals surface area contributed by atoms with Crippen molar-refractivity contribution in [3.05, 3.63) is 24.4 Å². The largest absolute Gasteiger partial charge is 0.393 e. The third-order valence-electron chi connectivity index (χ3n) is 3.26. The molecule has 0 amide bonds. The van der Waals surface area contributed by atoms with Gasteiger partial charge in [-0.15, -0.1) is 5.10 Å². The molecule has 2 aromatic rings. The zero-order valence-electron chi connectivity index (χ0n) is 10.3. The molecule has 0 aromatic carbocycles. The number of anilines is 1. The molecule has 2 aromatic heterocycles. The zero-order chi connectivity index (χ0) is 13.1. The van der Waals surface area contributed by atoms with Crippen LogP contribution in [0.2, 0.25) is 0 Å². The van der Waals surface area contributed by atoms with Gasteiger partial charge in [-0.25, -0.2) is 14.6 Å². The molecule has 1 aliphatic rings. The molecule has 100 valence electrons. The SMILES string of the molecule is OC1CC(c2cc(NCCn3cnnn3)ncn2)C1. The summed E-state index contributed by atoms with van der Waals surface area (Å²) < 4.78 is 1.65. The summed E-state index contributed by atoms with van der Waals surface area (Å²) in [4.78, 5) is 8.43. The molecule has 8 heteroatoms. The van der Waals surface area contributed by atoms with E-state index < -0.39 is 0 Å². The standard InChI is InChI=1S/C11H15N7O/c19-9-3-8(4-9)10-5-11(14-6-13-10)12-1-2-18-7-15-16-17-18/h5-9,19H,1-4H2,(H,12,13,14). The minimum absolute atomic E-state index is 0.170. The fourth-order valence-corrected chi connectivity index (χ4v) is 2.10. The predicted octanol–water partition coefficient (Wildman–Crippen LogP) is -0.187. The molecule has 19 heavy (non-hydrogen) atoms. The molecule has 8 nitrogen and oxygen atoms in total. The van der Waals surface area contributed by atoms with Gasteiger partial charge in [-0.1, -0.05) is 0 Å². The molecule has 0 unspecified atom stereocenters. The maximum Gasteiger partial charge on any atom is 0.138 e. The monoisotopic (exact) mass is 261 g/mol. The fraction of sp³-hybridized carbons (Fsp3) is 0.545. The number of tetrazole rings is 1. The average molecular weight is 261 g/mol. The van der Waals surface area contributed by atoms with Gasteiger partial charge in [-0.3, -0.25) is 0 Å². The third kappa shape index (κ3) is 2.84. The van der Waals surface area contributed by atoms with Crippen LogP contribution in [0, 0.1) is 0 Å². The number of hydrogen-bond acceptors (Lipinski definition) is 7. The second-order valence-electron chi connectivity index (χ2n) is 4.65. The van der Waals surface area contributed by atoms with Crippen molar-refractivity contribution in [2.75, 3.05) is 11.9 Å². The molecule has 1 fully saturated rings. The number of nitrogens with zero attached hydrogens (tertiary/aromatic N) is 6. The van der Waals surface area contributed by atoms with E-state index in [1.165, 1.54) is 0 Å². The summed E-state index contributed by atoms with van der Waals surface area (Å²) in [7, 11) is 0. The number of aliphatic hydroxyl groups is 1. The summed E-state index contributed by atoms with van der Waals surface area (Å²) in [6.07, 6.45) is 4.54. The number of hydrogen-bond donors (Lipinski definition) is 2. The summed E-state index contributed by atoms with van der Waals surface area (Å²) in [5.74, 6) is 1.15. The van der Waals surface area contributed by atoms with E-state index >= 15 is 0 Å². The molecule has 0 spiro atoms. The molecule has 2 heterocycles. The Morgan fingerprint density at radius 1 is 1.37 bits per heavy atom. The molecular formula is C11H15N7O. The van der Waals surface area contributed by atoms with Gasteiger partial charge < -0.3 is 10.4 Å². The van der Waals surface area contributed by atoms with Gasteiger partial charge in [0.1, 0.15) is 18.5 Å². The smallest absolute Gasteiger partial charge is 0.138 e. The summed E-state index contributed by atoms with van der Waals surface area (Å²) in [6.45, 7) is 1.36. The molecular weight excluding hydrogens is 246 g/mol. The van der Waals surface area contributed by atoms with Gasteiger partial charge in [0.2, 0.25) is 0 Å². The topological polar surface area (TPSA) is 102 Å². The third-order valence-corrected chi connectivity index (χ3v) is 3.26. The Morgan fingerprint density at radius 2 is 2.26 bits per heavy atom. The Balaban J connectivity index is 1.54. The second-order valence-corrected chi connectivity index (χ2v) is 4.65. The Bertz CT molecular complexity index is 524. The summed E-state index contributed by atoms with van der Waals surface area (Å²) in [5.41, 5.74) is 0.991. The van der Waals surface area contributed by atoms with Crippen LogP contribution in [0.4, 0.5) is 5.82 Å². The highest BCUT2D eigenvalue weighted by Gasteiger charge is 2.29. The lowest BCUT2D eigenvalue weighted by Gasteiger charge is -2.30. The van der Waals surface area contributed by atoms with Crippen LogP contribution in [0.25, 0.3) is 0 Å². The number of aliphatic hydroxyl groups excluding tert-OH is 1. The van der Waals surface area contributed by atoms with Crippen LogP contribution >= 0.6 is 0 Å². The van der Waals surface area contributed by atoms with Gasteiger partial charge in [0, 0.05) is 24.2 Å². The van der Waals surface area contributed by atoms with Crippen molar-refractivity contribution in [3.63, 3.8) is 0 Å². The fourth-order valence-electron chi connectivity index (χ4n) is 2.10. The predicted molar refractivity (Wildman–Crippen MR) is 66.3 cm³/mol. The lowest BCUT2D eigenvalue weighted by Crippen LogP contribution is -2.27. The van der Waals surface area contributed by atoms with Crippen molar-refractivity contribution in [2.24, 2.45) is 0 Å². The van der Waals surface area contributed by atoms with Gasteiger partial charge in [0.15, 0.2) is 0 Å². The highest BCUT2D eigenvalue weighted by molar-refractivity contribution is 5.36. The molecule has 0 saturated heterocycles. The Hall–Kier alpha value is -2.09. The quantitative estimate of drug-likeness (QED) is 0.769. The van der Waals surface area contributed by atoms with E-state index in [4.69, 9.17) is 0 Å². The lowest BCUT2D eigenvalue weighted by molar-refractivity contribution is 0.0732. The minimum Gasteiger partial charge on any atom is -0.393 e. The van der Waals surface area contributed by atoms with E-state index in [-0.39, 0.29) is 6.10 Å². The van der Waals surface area contributed by atoms with E-state index in [1.54, 1.807) is 17.3 Å². The van der Waals surface area contributed by atoms with E-state index in [0.29, 0.717) is 19.0 Å². The van der Waals surface area contributed by atoms with Crippen LogP contribution in [-0.2, 0) is 6.54 Å². The first-order chi connectivity index (χ1) is 9.31. The van der Waals surface area contributed by atoms with Gasteiger partial charge in [-0.05, 0) is 23.3 Å². The van der Waals surface area contributed by atoms with Crippen LogP contribution in [0.1, 0.15) is 24.5 Å². The number of nitrogens with one attached hydrogen (secondary N) is 1. The molecule has 1 saturated carbocycles. The van der Waals surface area contributed by atoms with Gasteiger partial charge >= 0.3 is 0 Å². The van der Waals surface area contributed by atoms with Crippen LogP contribution in [0.15, 0.2) is 18.7 Å². The van der Waals surface area contributed by atoms with E-state index in [0.717, 1.165) is 24.4 Å². The Morgan fingerprint density at radius 3 is 3.00 bits per heavy atom. The van der Waals surface area contributed by atoms with Crippen molar-refractivity contribution in [2.45, 2.75) is 31.4 Å². The van der Waals surface area contributed by atoms with Gasteiger partial charge in [0.25, 0.3) is 0 Å². The molecule has 1 aliphatic carbocycles. The summed E-state index contributed by atoms with van der Waals surface area (Å²) >= 11 is 0. The van der Waals surface area contributed by atoms with E-state index in [9.17, 15) is 5.11 Å². The van der Waals surface area contributed by atoms with Crippen LogP contribution in [0.3, 0.4) is 0 Å². The van der Waals surface area contributed by atoms with Crippen molar-refractivity contribution in [3.8, 4) is 0 Å². The highest BCUT2D eigenvalue weighted by atomic mass is 16.3. The first-order valence-electron chi connectivity index (χ1n) is 6.26. The molecule has 0 bridgehead atoms.